The van der Waals surface area contributed by atoms with E-state index >= 15 is 0 Å². The number of anilines is 1. The minimum atomic E-state index is -1.65. The van der Waals surface area contributed by atoms with E-state index in [2.05, 4.69) is 193 Å². The van der Waals surface area contributed by atoms with Gasteiger partial charge in [0.15, 0.2) is 0 Å². The molecule has 1 N–H and O–H groups in total. The summed E-state index contributed by atoms with van der Waals surface area (Å²) < 4.78 is 8.09. The summed E-state index contributed by atoms with van der Waals surface area (Å²) in [5.74, 6) is 1.95. The fourth-order valence-corrected chi connectivity index (χ4v) is 12.7. The summed E-state index contributed by atoms with van der Waals surface area (Å²) in [6, 6.07) is 15.0. The number of hydrogen-bond acceptors (Lipinski definition) is 2. The lowest BCUT2D eigenvalue weighted by Crippen LogP contribution is -2.56. The normalized spacial score (nSPS) is 28.1. The van der Waals surface area contributed by atoms with Crippen molar-refractivity contribution in [1.29, 1.82) is 0 Å². The van der Waals surface area contributed by atoms with E-state index < -0.39 is 8.07 Å². The first kappa shape index (κ1) is 41.6. The highest BCUT2D eigenvalue weighted by molar-refractivity contribution is 6.84. The van der Waals surface area contributed by atoms with E-state index in [1.54, 1.807) is 10.8 Å². The van der Waals surface area contributed by atoms with E-state index in [1.165, 1.54) is 44.3 Å². The molecule has 0 radical (unpaired) electrons. The van der Waals surface area contributed by atoms with E-state index in [9.17, 15) is 0 Å². The van der Waals surface area contributed by atoms with Gasteiger partial charge in [-0.1, -0.05) is 153 Å². The monoisotopic (exact) mass is 782 g/mol. The molecule has 57 heavy (non-hydrogen) atoms. The number of rotatable bonds is 8. The minimum absolute atomic E-state index is 0.118. The molecule has 0 saturated heterocycles. The summed E-state index contributed by atoms with van der Waals surface area (Å²) in [6.07, 6.45) is 23.9. The van der Waals surface area contributed by atoms with Crippen molar-refractivity contribution < 1.29 is 8.90 Å². The zero-order valence-corrected chi connectivity index (χ0v) is 39.2. The van der Waals surface area contributed by atoms with Crippen LogP contribution in [0.15, 0.2) is 105 Å². The molecule has 7 rings (SSSR count). The fourth-order valence-electron chi connectivity index (χ4n) is 10.9. The highest BCUT2D eigenvalue weighted by atomic mass is 28.3. The molecular weight excluding hydrogens is 709 g/mol. The van der Waals surface area contributed by atoms with Crippen LogP contribution < -0.4 is 5.32 Å². The smallest absolute Gasteiger partial charge is 0.202 e. The average Bonchev–Trinajstić information content (AvgIpc) is 3.45. The molecular formula is C53H73N2OSi+. The van der Waals surface area contributed by atoms with Crippen molar-refractivity contribution in [3.63, 3.8) is 0 Å². The maximum absolute atomic E-state index is 7.17. The fraction of sp³-hybridized carbons (Fsp3) is 0.509. The number of fused-ring (bicyclic) bond motifs is 6. The molecule has 0 spiro atoms. The van der Waals surface area contributed by atoms with Crippen LogP contribution in [0.5, 0.6) is 0 Å². The van der Waals surface area contributed by atoms with Crippen LogP contribution in [-0.2, 0) is 6.42 Å². The molecule has 4 heterocycles. The third-order valence-corrected chi connectivity index (χ3v) is 15.4. The lowest BCUT2D eigenvalue weighted by Gasteiger charge is -2.53. The Balaban J connectivity index is 1.41. The second kappa shape index (κ2) is 14.6. The predicted molar refractivity (Wildman–Crippen MR) is 249 cm³/mol. The van der Waals surface area contributed by atoms with Crippen LogP contribution in [0.2, 0.25) is 19.6 Å². The quantitative estimate of drug-likeness (QED) is 0.182. The lowest BCUT2D eigenvalue weighted by molar-refractivity contribution is -0.912. The van der Waals surface area contributed by atoms with E-state index in [1.807, 2.05) is 0 Å². The first-order chi connectivity index (χ1) is 26.5. The molecule has 4 heteroatoms. The Morgan fingerprint density at radius 3 is 2.26 bits per heavy atom. The molecule has 3 aromatic rings. The van der Waals surface area contributed by atoms with Crippen LogP contribution in [-0.4, -0.2) is 31.2 Å². The van der Waals surface area contributed by atoms with Gasteiger partial charge in [-0.2, -0.15) is 0 Å². The molecule has 0 fully saturated rings. The van der Waals surface area contributed by atoms with Crippen LogP contribution in [0.25, 0.3) is 17.0 Å². The maximum Gasteiger partial charge on any atom is 0.202 e. The summed E-state index contributed by atoms with van der Waals surface area (Å²) in [5, 5.41) is 6.75. The summed E-state index contributed by atoms with van der Waals surface area (Å²) in [6.45, 7) is 33.5. The van der Waals surface area contributed by atoms with Gasteiger partial charge in [-0.15, -0.1) is 0 Å². The Kier molecular flexibility index (Phi) is 10.6. The Morgan fingerprint density at radius 1 is 0.930 bits per heavy atom. The van der Waals surface area contributed by atoms with Crippen LogP contribution in [0.1, 0.15) is 141 Å². The van der Waals surface area contributed by atoms with E-state index in [0.717, 1.165) is 41.6 Å². The number of furan rings is 1. The number of nitrogens with one attached hydrogen (secondary N) is 1. The van der Waals surface area contributed by atoms with Crippen molar-refractivity contribution in [2.45, 2.75) is 151 Å². The number of nitrogens with zero attached hydrogens (tertiary/aromatic N) is 1. The predicted octanol–water partition coefficient (Wildman–Crippen LogP) is 15.0. The summed E-state index contributed by atoms with van der Waals surface area (Å²) in [7, 11) is 0.885. The van der Waals surface area contributed by atoms with Gasteiger partial charge in [0.1, 0.15) is 11.6 Å². The number of quaternary nitrogens is 1. The molecule has 3 nitrogen and oxygen atoms in total. The van der Waals surface area contributed by atoms with Crippen molar-refractivity contribution in [2.75, 3.05) is 12.4 Å². The third-order valence-electron chi connectivity index (χ3n) is 13.3. The zero-order valence-electron chi connectivity index (χ0n) is 38.2. The average molecular weight is 782 g/mol. The van der Waals surface area contributed by atoms with Crippen LogP contribution >= 0.6 is 0 Å². The Bertz CT molecular complexity index is 2230. The molecule has 3 aliphatic heterocycles. The first-order valence-electron chi connectivity index (χ1n) is 22.0. The standard InChI is InChI=1S/C53H73N2OSi/c1-16-37-22-21-36(27-34(2)3)28-45(37)48-38(23-24-42-43-25-26-53(11,33-52(8,9)10)54-50(43)56-49(42)48)29-44-35(4)55(12)32-47(57(13,14)15)39(31-51(5,6)7)30-46(55)41-20-18-17-19-40(41)44/h16-26,28,30,32,34-35,44-46,54H,27,29,31,33H2,1-15H3/q+1/b37-16+/t35?,44?,45-,46?,53?,55?/m1/s1. The highest BCUT2D eigenvalue weighted by Crippen LogP contribution is 2.53. The Labute approximate surface area is 347 Å². The van der Waals surface area contributed by atoms with Gasteiger partial charge in [-0.3, -0.25) is 4.48 Å². The number of benzene rings is 2. The van der Waals surface area contributed by atoms with Gasteiger partial charge in [-0.05, 0) is 96.7 Å². The lowest BCUT2D eigenvalue weighted by atomic mass is 9.72. The number of allylic oxidation sites excluding steroid dienone is 8. The Morgan fingerprint density at radius 2 is 1.63 bits per heavy atom. The maximum atomic E-state index is 7.17. The SMILES string of the molecule is C/C=C1\C=CC(CC(C)C)=C[C@H]1c1c(CC2c3ccccc3C3C=C(CC(C)(C)C)C([Si](C)(C)C)=C[N+]3(C)C2C)ccc2c3c(oc12)NC(C)(CC(C)(C)C)C=C3. The van der Waals surface area contributed by atoms with Gasteiger partial charge in [0.05, 0.1) is 32.9 Å². The molecule has 1 aliphatic carbocycles. The zero-order chi connectivity index (χ0) is 41.5. The van der Waals surface area contributed by atoms with Crippen LogP contribution in [0, 0.1) is 16.7 Å². The number of likely N-dealkylation sites (N-methyl/N-ethyl adjacent to an activating group) is 1. The van der Waals surface area contributed by atoms with Crippen molar-refractivity contribution >= 4 is 31.0 Å². The molecule has 6 atom stereocenters. The number of hydrogen-bond donors (Lipinski definition) is 1. The minimum Gasteiger partial charge on any atom is -0.440 e. The first-order valence-corrected chi connectivity index (χ1v) is 25.5. The molecule has 0 saturated carbocycles. The van der Waals surface area contributed by atoms with E-state index in [-0.39, 0.29) is 22.3 Å². The van der Waals surface area contributed by atoms with E-state index in [0.29, 0.717) is 23.9 Å². The van der Waals surface area contributed by atoms with Gasteiger partial charge >= 0.3 is 0 Å². The Hall–Kier alpha value is -3.60. The third kappa shape index (κ3) is 8.07. The van der Waals surface area contributed by atoms with Crippen LogP contribution in [0.3, 0.4) is 0 Å². The van der Waals surface area contributed by atoms with Gasteiger partial charge in [0.25, 0.3) is 0 Å². The summed E-state index contributed by atoms with van der Waals surface area (Å²) in [5.41, 5.74) is 12.6. The largest absolute Gasteiger partial charge is 0.440 e. The summed E-state index contributed by atoms with van der Waals surface area (Å²) in [4.78, 5) is 0. The molecule has 1 aromatic heterocycles. The molecule has 2 aromatic carbocycles. The van der Waals surface area contributed by atoms with Crippen LogP contribution in [0.4, 0.5) is 5.88 Å². The van der Waals surface area contributed by atoms with Gasteiger partial charge in [-0.25, -0.2) is 0 Å². The second-order valence-corrected chi connectivity index (χ2v) is 27.5. The van der Waals surface area contributed by atoms with Crippen molar-refractivity contribution in [2.24, 2.45) is 16.7 Å². The molecule has 4 aliphatic rings. The van der Waals surface area contributed by atoms with Gasteiger partial charge < -0.3 is 9.73 Å². The van der Waals surface area contributed by atoms with Gasteiger partial charge in [0, 0.05) is 33.9 Å². The van der Waals surface area contributed by atoms with Crippen molar-refractivity contribution in [3.05, 3.63) is 129 Å². The second-order valence-electron chi connectivity index (χ2n) is 22.5. The van der Waals surface area contributed by atoms with Crippen molar-refractivity contribution in [3.8, 4) is 0 Å². The highest BCUT2D eigenvalue weighted by Gasteiger charge is 2.51. The molecule has 5 unspecified atom stereocenters. The molecule has 0 bridgehead atoms. The van der Waals surface area contributed by atoms with Crippen molar-refractivity contribution in [1.82, 2.24) is 0 Å². The molecule has 304 valence electrons. The summed E-state index contributed by atoms with van der Waals surface area (Å²) >= 11 is 0. The van der Waals surface area contributed by atoms with Gasteiger partial charge in [0.2, 0.25) is 5.88 Å². The molecule has 0 amide bonds. The topological polar surface area (TPSA) is 25.2 Å². The van der Waals surface area contributed by atoms with E-state index in [4.69, 9.17) is 4.42 Å².